The molecule has 1 amide bonds. The van der Waals surface area contributed by atoms with Crippen molar-refractivity contribution < 1.29 is 17.6 Å². The summed E-state index contributed by atoms with van der Waals surface area (Å²) < 4.78 is 30.3. The number of sulfone groups is 1. The quantitative estimate of drug-likeness (QED) is 0.672. The van der Waals surface area contributed by atoms with Crippen LogP contribution in [0.5, 0.6) is 0 Å². The zero-order chi connectivity index (χ0) is 19.6. The predicted octanol–water partition coefficient (Wildman–Crippen LogP) is 3.33. The average molecular weight is 394 g/mol. The Morgan fingerprint density at radius 2 is 1.71 bits per heavy atom. The van der Waals surface area contributed by atoms with Gasteiger partial charge in [0, 0.05) is 5.56 Å². The molecule has 1 N–H and O–H groups in total. The van der Waals surface area contributed by atoms with Crippen LogP contribution in [0.25, 0.3) is 0 Å². The number of furan rings is 1. The lowest BCUT2D eigenvalue weighted by molar-refractivity contribution is 0.0925. The fraction of sp³-hybridized carbons (Fsp3) is 0.143. The molecule has 0 radical (unpaired) electrons. The highest BCUT2D eigenvalue weighted by molar-refractivity contribution is 7.90. The van der Waals surface area contributed by atoms with E-state index in [0.717, 1.165) is 24.1 Å². The summed E-state index contributed by atoms with van der Waals surface area (Å²) in [6.45, 7) is 0. The Hall–Kier alpha value is -3.19. The van der Waals surface area contributed by atoms with Crippen LogP contribution >= 0.6 is 0 Å². The molecule has 3 aromatic rings. The fourth-order valence-corrected chi connectivity index (χ4v) is 4.44. The van der Waals surface area contributed by atoms with Crippen LogP contribution in [-0.2, 0) is 22.0 Å². The van der Waals surface area contributed by atoms with Crippen molar-refractivity contribution in [3.05, 3.63) is 89.4 Å². The molecule has 1 aromatic heterocycles. The van der Waals surface area contributed by atoms with Gasteiger partial charge in [0.2, 0.25) is 0 Å². The lowest BCUT2D eigenvalue weighted by atomic mass is 10.1. The highest BCUT2D eigenvalue weighted by Gasteiger charge is 2.20. The van der Waals surface area contributed by atoms with E-state index in [-0.39, 0.29) is 22.2 Å². The van der Waals surface area contributed by atoms with Gasteiger partial charge in [0.05, 0.1) is 10.6 Å². The summed E-state index contributed by atoms with van der Waals surface area (Å²) in [7, 11) is -3.54. The molecule has 0 bridgehead atoms. The van der Waals surface area contributed by atoms with Crippen LogP contribution in [0.2, 0.25) is 0 Å². The first-order chi connectivity index (χ1) is 13.5. The summed E-state index contributed by atoms with van der Waals surface area (Å²) in [5, 5.41) is 4.21. The number of hydrogen-bond donors (Lipinski definition) is 1. The van der Waals surface area contributed by atoms with E-state index < -0.39 is 15.7 Å². The van der Waals surface area contributed by atoms with Crippen molar-refractivity contribution in [3.8, 4) is 0 Å². The van der Waals surface area contributed by atoms with E-state index in [0.29, 0.717) is 0 Å². The molecule has 6 nitrogen and oxygen atoms in total. The molecule has 1 heterocycles. The second-order valence-corrected chi connectivity index (χ2v) is 8.48. The van der Waals surface area contributed by atoms with Gasteiger partial charge >= 0.3 is 5.91 Å². The third-order valence-electron chi connectivity index (χ3n) is 4.57. The number of hydrogen-bond acceptors (Lipinski definition) is 5. The molecule has 1 aliphatic carbocycles. The Morgan fingerprint density at radius 1 is 0.964 bits per heavy atom. The summed E-state index contributed by atoms with van der Waals surface area (Å²) in [6, 6.07) is 19.0. The normalized spacial score (nSPS) is 14.8. The molecule has 0 unspecified atom stereocenters. The van der Waals surface area contributed by atoms with Gasteiger partial charge in [-0.25, -0.2) is 13.8 Å². The molecule has 0 aliphatic heterocycles. The van der Waals surface area contributed by atoms with Gasteiger partial charge in [-0.1, -0.05) is 42.5 Å². The van der Waals surface area contributed by atoms with Crippen molar-refractivity contribution in [3.63, 3.8) is 0 Å². The molecule has 0 fully saturated rings. The van der Waals surface area contributed by atoms with Gasteiger partial charge < -0.3 is 4.42 Å². The summed E-state index contributed by atoms with van der Waals surface area (Å²) in [5.74, 6) is -0.603. The number of rotatable bonds is 5. The molecule has 1 aliphatic rings. The number of carbonyl (C=O) groups is 1. The minimum Gasteiger partial charge on any atom is -0.455 e. The Labute approximate surface area is 162 Å². The van der Waals surface area contributed by atoms with E-state index in [9.17, 15) is 13.2 Å². The van der Waals surface area contributed by atoms with Crippen LogP contribution in [0, 0.1) is 0 Å². The largest absolute Gasteiger partial charge is 0.455 e. The number of nitrogens with one attached hydrogen (secondary N) is 1. The first kappa shape index (κ1) is 18.2. The van der Waals surface area contributed by atoms with Crippen LogP contribution in [0.3, 0.4) is 0 Å². The van der Waals surface area contributed by atoms with Gasteiger partial charge in [-0.2, -0.15) is 5.10 Å². The molecule has 142 valence electrons. The van der Waals surface area contributed by atoms with E-state index in [4.69, 9.17) is 4.42 Å². The van der Waals surface area contributed by atoms with Gasteiger partial charge in [0.1, 0.15) is 11.5 Å². The third-order valence-corrected chi connectivity index (χ3v) is 6.23. The lowest BCUT2D eigenvalue weighted by Crippen LogP contribution is -2.19. The minimum atomic E-state index is -3.54. The highest BCUT2D eigenvalue weighted by Crippen LogP contribution is 2.22. The number of benzene rings is 2. The number of amides is 1. The molecule has 7 heteroatoms. The number of hydrazone groups is 1. The van der Waals surface area contributed by atoms with Crippen molar-refractivity contribution in [2.75, 3.05) is 0 Å². The zero-order valence-corrected chi connectivity index (χ0v) is 15.8. The monoisotopic (exact) mass is 394 g/mol. The van der Waals surface area contributed by atoms with E-state index in [2.05, 4.69) is 10.5 Å². The zero-order valence-electron chi connectivity index (χ0n) is 15.0. The molecule has 28 heavy (non-hydrogen) atoms. The van der Waals surface area contributed by atoms with Gasteiger partial charge in [-0.3, -0.25) is 4.79 Å². The molecule has 0 spiro atoms. The lowest BCUT2D eigenvalue weighted by Gasteiger charge is -2.02. The van der Waals surface area contributed by atoms with E-state index >= 15 is 0 Å². The highest BCUT2D eigenvalue weighted by atomic mass is 32.2. The molecule has 4 rings (SSSR count). The van der Waals surface area contributed by atoms with E-state index in [1.54, 1.807) is 18.2 Å². The average Bonchev–Trinajstić information content (AvgIpc) is 3.33. The van der Waals surface area contributed by atoms with Crippen LogP contribution in [0.15, 0.2) is 81.1 Å². The van der Waals surface area contributed by atoms with Crippen molar-refractivity contribution >= 4 is 21.5 Å². The minimum absolute atomic E-state index is 0.0221. The van der Waals surface area contributed by atoms with Crippen LogP contribution < -0.4 is 5.43 Å². The summed E-state index contributed by atoms with van der Waals surface area (Å²) >= 11 is 0. The van der Waals surface area contributed by atoms with Gasteiger partial charge in [0.15, 0.2) is 15.6 Å². The summed E-state index contributed by atoms with van der Waals surface area (Å²) in [6.07, 6.45) is 1.66. The van der Waals surface area contributed by atoms with E-state index in [1.807, 2.05) is 24.3 Å². The second kappa shape index (κ2) is 7.44. The number of aryl methyl sites for hydroxylation is 1. The first-order valence-electron chi connectivity index (χ1n) is 8.85. The predicted molar refractivity (Wildman–Crippen MR) is 105 cm³/mol. The second-order valence-electron chi connectivity index (χ2n) is 6.49. The van der Waals surface area contributed by atoms with Crippen molar-refractivity contribution in [2.24, 2.45) is 5.10 Å². The Morgan fingerprint density at radius 3 is 2.54 bits per heavy atom. The third kappa shape index (κ3) is 3.75. The van der Waals surface area contributed by atoms with Crippen molar-refractivity contribution in [1.82, 2.24) is 5.43 Å². The van der Waals surface area contributed by atoms with Gasteiger partial charge in [-0.05, 0) is 42.7 Å². The SMILES string of the molecule is O=C(N/N=C1/CCc2ccccc21)c1ccc(CS(=O)(=O)c2ccccc2)o1. The smallest absolute Gasteiger partial charge is 0.307 e. The molecule has 2 aromatic carbocycles. The maximum atomic E-state index is 12.4. The Balaban J connectivity index is 1.45. The van der Waals surface area contributed by atoms with Crippen LogP contribution in [0.4, 0.5) is 0 Å². The Bertz CT molecular complexity index is 1150. The summed E-state index contributed by atoms with van der Waals surface area (Å²) in [5.41, 5.74) is 5.57. The molecular formula is C21H18N2O4S. The number of carbonyl (C=O) groups excluding carboxylic acids is 1. The summed E-state index contributed by atoms with van der Waals surface area (Å²) in [4.78, 5) is 12.5. The standard InChI is InChI=1S/C21H18N2O4S/c24-21(23-22-19-12-10-15-6-4-5-9-18(15)19)20-13-11-16(27-20)14-28(25,26)17-7-2-1-3-8-17/h1-9,11,13H,10,12,14H2,(H,23,24)/b22-19-. The molecule has 0 atom stereocenters. The first-order valence-corrected chi connectivity index (χ1v) is 10.5. The maximum absolute atomic E-state index is 12.4. The maximum Gasteiger partial charge on any atom is 0.307 e. The fourth-order valence-electron chi connectivity index (χ4n) is 3.17. The molecule has 0 saturated heterocycles. The van der Waals surface area contributed by atoms with Gasteiger partial charge in [0.25, 0.3) is 0 Å². The molecular weight excluding hydrogens is 376 g/mol. The van der Waals surface area contributed by atoms with Crippen LogP contribution in [0.1, 0.15) is 33.9 Å². The number of fused-ring (bicyclic) bond motifs is 1. The topological polar surface area (TPSA) is 88.7 Å². The van der Waals surface area contributed by atoms with Crippen molar-refractivity contribution in [1.29, 1.82) is 0 Å². The van der Waals surface area contributed by atoms with Gasteiger partial charge in [-0.15, -0.1) is 0 Å². The van der Waals surface area contributed by atoms with Crippen molar-refractivity contribution in [2.45, 2.75) is 23.5 Å². The molecule has 0 saturated carbocycles. The number of nitrogens with zero attached hydrogens (tertiary/aromatic N) is 1. The van der Waals surface area contributed by atoms with E-state index in [1.165, 1.54) is 29.8 Å². The van der Waals surface area contributed by atoms with Crippen LogP contribution in [-0.4, -0.2) is 20.0 Å². The Kier molecular flexibility index (Phi) is 4.83.